The molecular weight excluding hydrogens is 455 g/mol. The lowest BCUT2D eigenvalue weighted by Crippen LogP contribution is -2.54. The van der Waals surface area contributed by atoms with Gasteiger partial charge in [-0.25, -0.2) is 9.69 Å². The van der Waals surface area contributed by atoms with Gasteiger partial charge >= 0.3 is 6.03 Å². The maximum atomic E-state index is 13.0. The number of urea groups is 1. The summed E-state index contributed by atoms with van der Waals surface area (Å²) in [5, 5.41) is 2.90. The minimum Gasteiger partial charge on any atom is -0.490 e. The maximum Gasteiger partial charge on any atom is 0.335 e. The highest BCUT2D eigenvalue weighted by atomic mass is 35.5. The van der Waals surface area contributed by atoms with Gasteiger partial charge in [-0.2, -0.15) is 0 Å². The Hall–Kier alpha value is -3.03. The van der Waals surface area contributed by atoms with Gasteiger partial charge in [0.15, 0.2) is 11.5 Å². The van der Waals surface area contributed by atoms with Crippen molar-refractivity contribution in [3.8, 4) is 11.5 Å². The average Bonchev–Trinajstić information content (AvgIpc) is 2.74. The normalized spacial score (nSPS) is 16.2. The number of hydrogen-bond donors (Lipinski definition) is 1. The molecule has 168 valence electrons. The van der Waals surface area contributed by atoms with Gasteiger partial charge in [-0.1, -0.05) is 30.1 Å². The number of benzene rings is 2. The summed E-state index contributed by atoms with van der Waals surface area (Å²) in [6.45, 7) is 6.08. The molecule has 1 aliphatic heterocycles. The fourth-order valence-corrected chi connectivity index (χ4v) is 3.37. The standard InChI is InChI=1S/C23H22Cl2N2O5/c1-4-13(3)32-20-18(25)11-14(12-19(20)31-5-2)10-17-21(28)26-23(30)27(22(17)29)16-8-6-15(24)7-9-16/h6-13H,4-5H2,1-3H3,(H,26,28,30)/b17-10+/t13-/m0/s1. The number of rotatable bonds is 7. The smallest absolute Gasteiger partial charge is 0.335 e. The molecule has 2 aromatic carbocycles. The Balaban J connectivity index is 2.01. The first-order valence-electron chi connectivity index (χ1n) is 10.0. The van der Waals surface area contributed by atoms with E-state index in [0.717, 1.165) is 11.3 Å². The van der Waals surface area contributed by atoms with Gasteiger partial charge in [-0.05, 0) is 68.3 Å². The summed E-state index contributed by atoms with van der Waals surface area (Å²) in [6, 6.07) is 8.46. The zero-order chi connectivity index (χ0) is 23.4. The first kappa shape index (κ1) is 23.6. The molecule has 0 unspecified atom stereocenters. The van der Waals surface area contributed by atoms with Crippen molar-refractivity contribution in [3.63, 3.8) is 0 Å². The number of carbonyl (C=O) groups excluding carboxylic acids is 3. The topological polar surface area (TPSA) is 84.9 Å². The first-order chi connectivity index (χ1) is 15.2. The van der Waals surface area contributed by atoms with Gasteiger partial charge < -0.3 is 9.47 Å². The summed E-state index contributed by atoms with van der Waals surface area (Å²) < 4.78 is 11.5. The third kappa shape index (κ3) is 5.06. The summed E-state index contributed by atoms with van der Waals surface area (Å²) in [6.07, 6.45) is 2.05. The number of nitrogens with one attached hydrogen (secondary N) is 1. The number of halogens is 2. The second-order valence-electron chi connectivity index (χ2n) is 7.03. The largest absolute Gasteiger partial charge is 0.490 e. The average molecular weight is 477 g/mol. The van der Waals surface area contributed by atoms with Crippen LogP contribution in [-0.2, 0) is 9.59 Å². The lowest BCUT2D eigenvalue weighted by atomic mass is 10.1. The van der Waals surface area contributed by atoms with Crippen molar-refractivity contribution in [1.29, 1.82) is 0 Å². The van der Waals surface area contributed by atoms with Crippen LogP contribution in [0.4, 0.5) is 10.5 Å². The molecule has 32 heavy (non-hydrogen) atoms. The highest BCUT2D eigenvalue weighted by Gasteiger charge is 2.36. The molecule has 0 saturated carbocycles. The fourth-order valence-electron chi connectivity index (χ4n) is 2.98. The van der Waals surface area contributed by atoms with Gasteiger partial charge in [0.1, 0.15) is 5.57 Å². The van der Waals surface area contributed by atoms with Crippen LogP contribution in [-0.4, -0.2) is 30.6 Å². The zero-order valence-corrected chi connectivity index (χ0v) is 19.3. The number of nitrogens with zero attached hydrogens (tertiary/aromatic N) is 1. The Kier molecular flexibility index (Phi) is 7.43. The molecule has 4 amide bonds. The second-order valence-corrected chi connectivity index (χ2v) is 7.88. The van der Waals surface area contributed by atoms with Crippen molar-refractivity contribution in [1.82, 2.24) is 5.32 Å². The van der Waals surface area contributed by atoms with E-state index in [1.165, 1.54) is 18.2 Å². The van der Waals surface area contributed by atoms with Gasteiger partial charge in [0.25, 0.3) is 11.8 Å². The molecule has 2 aromatic rings. The molecule has 1 atom stereocenters. The summed E-state index contributed by atoms with van der Waals surface area (Å²) >= 11 is 12.3. The molecule has 1 heterocycles. The number of barbiturate groups is 1. The van der Waals surface area contributed by atoms with Crippen LogP contribution in [0.2, 0.25) is 10.0 Å². The fraction of sp³-hybridized carbons (Fsp3) is 0.261. The molecule has 3 rings (SSSR count). The SMILES string of the molecule is CCOc1cc(/C=C2\C(=O)NC(=O)N(c3ccc(Cl)cc3)C2=O)cc(Cl)c1O[C@@H](C)CC. The number of amides is 4. The number of imide groups is 2. The predicted molar refractivity (Wildman–Crippen MR) is 123 cm³/mol. The van der Waals surface area contributed by atoms with Crippen LogP contribution in [0.25, 0.3) is 6.08 Å². The quantitative estimate of drug-likeness (QED) is 0.436. The Labute approximate surface area is 195 Å². The van der Waals surface area contributed by atoms with Crippen LogP contribution in [0.3, 0.4) is 0 Å². The third-order valence-electron chi connectivity index (χ3n) is 4.72. The Bertz CT molecular complexity index is 1080. The van der Waals surface area contributed by atoms with E-state index in [9.17, 15) is 14.4 Å². The van der Waals surface area contributed by atoms with E-state index in [2.05, 4.69) is 5.32 Å². The molecule has 1 saturated heterocycles. The van der Waals surface area contributed by atoms with Crippen molar-refractivity contribution >= 4 is 52.8 Å². The summed E-state index contributed by atoms with van der Waals surface area (Å²) in [5.41, 5.74) is 0.494. The molecule has 1 N–H and O–H groups in total. The molecule has 0 aromatic heterocycles. The van der Waals surface area contributed by atoms with Crippen molar-refractivity contribution in [2.75, 3.05) is 11.5 Å². The highest BCUT2D eigenvalue weighted by molar-refractivity contribution is 6.39. The third-order valence-corrected chi connectivity index (χ3v) is 5.26. The molecule has 1 aliphatic rings. The van der Waals surface area contributed by atoms with E-state index in [1.807, 2.05) is 20.8 Å². The molecular formula is C23H22Cl2N2O5. The van der Waals surface area contributed by atoms with Gasteiger partial charge in [-0.15, -0.1) is 0 Å². The van der Waals surface area contributed by atoms with E-state index in [4.69, 9.17) is 32.7 Å². The van der Waals surface area contributed by atoms with Crippen LogP contribution in [0.1, 0.15) is 32.8 Å². The predicted octanol–water partition coefficient (Wildman–Crippen LogP) is 5.24. The number of anilines is 1. The van der Waals surface area contributed by atoms with E-state index < -0.39 is 17.8 Å². The Morgan fingerprint density at radius 1 is 1.09 bits per heavy atom. The van der Waals surface area contributed by atoms with Crippen molar-refractivity contribution in [2.24, 2.45) is 0 Å². The summed E-state index contributed by atoms with van der Waals surface area (Å²) in [4.78, 5) is 38.7. The van der Waals surface area contributed by atoms with Crippen LogP contribution < -0.4 is 19.7 Å². The Morgan fingerprint density at radius 3 is 2.41 bits per heavy atom. The van der Waals surface area contributed by atoms with Gasteiger partial charge in [0.2, 0.25) is 0 Å². The van der Waals surface area contributed by atoms with E-state index in [0.29, 0.717) is 28.7 Å². The van der Waals surface area contributed by atoms with Crippen LogP contribution in [0, 0.1) is 0 Å². The van der Waals surface area contributed by atoms with Crippen molar-refractivity contribution < 1.29 is 23.9 Å². The minimum absolute atomic E-state index is 0.0828. The lowest BCUT2D eigenvalue weighted by molar-refractivity contribution is -0.122. The molecule has 0 spiro atoms. The van der Waals surface area contributed by atoms with Crippen molar-refractivity contribution in [3.05, 3.63) is 57.6 Å². The molecule has 0 bridgehead atoms. The minimum atomic E-state index is -0.843. The monoisotopic (exact) mass is 476 g/mol. The van der Waals surface area contributed by atoms with Crippen LogP contribution in [0.5, 0.6) is 11.5 Å². The van der Waals surface area contributed by atoms with Gasteiger partial charge in [-0.3, -0.25) is 14.9 Å². The summed E-state index contributed by atoms with van der Waals surface area (Å²) in [7, 11) is 0. The van der Waals surface area contributed by atoms with Crippen LogP contribution in [0.15, 0.2) is 42.0 Å². The van der Waals surface area contributed by atoms with E-state index in [-0.39, 0.29) is 22.4 Å². The zero-order valence-electron chi connectivity index (χ0n) is 17.8. The Morgan fingerprint density at radius 2 is 1.78 bits per heavy atom. The van der Waals surface area contributed by atoms with Gasteiger partial charge in [0, 0.05) is 5.02 Å². The first-order valence-corrected chi connectivity index (χ1v) is 10.8. The lowest BCUT2D eigenvalue weighted by Gasteiger charge is -2.26. The highest BCUT2D eigenvalue weighted by Crippen LogP contribution is 2.38. The van der Waals surface area contributed by atoms with E-state index in [1.54, 1.807) is 24.3 Å². The number of carbonyl (C=O) groups is 3. The van der Waals surface area contributed by atoms with Crippen LogP contribution >= 0.6 is 23.2 Å². The second kappa shape index (κ2) is 10.1. The number of hydrogen-bond acceptors (Lipinski definition) is 5. The molecule has 7 nitrogen and oxygen atoms in total. The number of ether oxygens (including phenoxy) is 2. The van der Waals surface area contributed by atoms with Crippen molar-refractivity contribution in [2.45, 2.75) is 33.3 Å². The molecule has 0 aliphatic carbocycles. The maximum absolute atomic E-state index is 13.0. The molecule has 1 fully saturated rings. The molecule has 9 heteroatoms. The molecule has 0 radical (unpaired) electrons. The van der Waals surface area contributed by atoms with E-state index >= 15 is 0 Å². The summed E-state index contributed by atoms with van der Waals surface area (Å²) in [5.74, 6) is -0.793. The van der Waals surface area contributed by atoms with Gasteiger partial charge in [0.05, 0.1) is 23.4 Å².